The van der Waals surface area contributed by atoms with E-state index in [1.807, 2.05) is 0 Å². The average Bonchev–Trinajstić information content (AvgIpc) is 2.53. The van der Waals surface area contributed by atoms with E-state index in [0.717, 1.165) is 5.69 Å². The number of pyridine rings is 1. The van der Waals surface area contributed by atoms with Gasteiger partial charge in [-0.25, -0.2) is 4.98 Å². The Bertz CT molecular complexity index is 648. The smallest absolute Gasteiger partial charge is 0.274 e. The van der Waals surface area contributed by atoms with E-state index in [2.05, 4.69) is 15.6 Å². The molecule has 0 atom stereocenters. The molecule has 116 valence electrons. The van der Waals surface area contributed by atoms with Gasteiger partial charge in [0.25, 0.3) is 5.91 Å². The van der Waals surface area contributed by atoms with Gasteiger partial charge < -0.3 is 15.4 Å². The van der Waals surface area contributed by atoms with Gasteiger partial charge in [0.1, 0.15) is 5.69 Å². The monoisotopic (exact) mass is 339 g/mol. The number of nitrogens with zero attached hydrogens (tertiary/aromatic N) is 1. The van der Waals surface area contributed by atoms with Crippen molar-refractivity contribution >= 4 is 40.5 Å². The van der Waals surface area contributed by atoms with Crippen LogP contribution in [0.3, 0.4) is 0 Å². The Kier molecular flexibility index (Phi) is 6.00. The molecule has 7 heteroatoms. The number of hydrogen-bond donors (Lipinski definition) is 2. The van der Waals surface area contributed by atoms with E-state index in [9.17, 15) is 4.79 Å². The Balaban J connectivity index is 2.02. The molecule has 2 aromatic rings. The minimum atomic E-state index is -0.354. The van der Waals surface area contributed by atoms with Crippen molar-refractivity contribution in [3.8, 4) is 0 Å². The Morgan fingerprint density at radius 3 is 2.77 bits per heavy atom. The van der Waals surface area contributed by atoms with Crippen LogP contribution in [0.4, 0.5) is 11.4 Å². The molecule has 0 radical (unpaired) electrons. The minimum absolute atomic E-state index is 0.285. The zero-order valence-corrected chi connectivity index (χ0v) is 13.4. The summed E-state index contributed by atoms with van der Waals surface area (Å²) in [5.41, 5.74) is 1.55. The summed E-state index contributed by atoms with van der Waals surface area (Å²) in [6.45, 7) is 1.26. The first-order valence-electron chi connectivity index (χ1n) is 6.56. The summed E-state index contributed by atoms with van der Waals surface area (Å²) in [5.74, 6) is -0.354. The maximum Gasteiger partial charge on any atom is 0.274 e. The molecule has 0 fully saturated rings. The predicted molar refractivity (Wildman–Crippen MR) is 89.0 cm³/mol. The van der Waals surface area contributed by atoms with Gasteiger partial charge in [-0.2, -0.15) is 0 Å². The molecule has 0 bridgehead atoms. The van der Waals surface area contributed by atoms with E-state index in [4.69, 9.17) is 27.9 Å². The standard InChI is InChI=1S/C15H15Cl2N3O2/c1-22-8-7-18-10-5-6-13(19-9-10)15(21)20-12-4-2-3-11(16)14(12)17/h2-6,9,18H,7-8H2,1H3,(H,20,21). The molecule has 2 rings (SSSR count). The lowest BCUT2D eigenvalue weighted by atomic mass is 10.2. The molecule has 0 saturated carbocycles. The fourth-order valence-electron chi connectivity index (χ4n) is 1.72. The number of amides is 1. The van der Waals surface area contributed by atoms with Gasteiger partial charge in [0.2, 0.25) is 0 Å². The number of nitrogens with one attached hydrogen (secondary N) is 2. The number of ether oxygens (including phenoxy) is 1. The summed E-state index contributed by atoms with van der Waals surface area (Å²) in [6.07, 6.45) is 1.59. The lowest BCUT2D eigenvalue weighted by Crippen LogP contribution is -2.14. The van der Waals surface area contributed by atoms with Gasteiger partial charge in [0, 0.05) is 13.7 Å². The lowest BCUT2D eigenvalue weighted by molar-refractivity contribution is 0.102. The van der Waals surface area contributed by atoms with E-state index >= 15 is 0 Å². The summed E-state index contributed by atoms with van der Waals surface area (Å²) in [6, 6.07) is 8.44. The summed E-state index contributed by atoms with van der Waals surface area (Å²) < 4.78 is 4.94. The molecule has 1 aromatic carbocycles. The Morgan fingerprint density at radius 1 is 1.27 bits per heavy atom. The highest BCUT2D eigenvalue weighted by Crippen LogP contribution is 2.29. The second kappa shape index (κ2) is 7.98. The first kappa shape index (κ1) is 16.5. The Hall–Kier alpha value is -1.82. The molecular weight excluding hydrogens is 325 g/mol. The average molecular weight is 340 g/mol. The van der Waals surface area contributed by atoms with Crippen molar-refractivity contribution in [1.29, 1.82) is 0 Å². The molecule has 1 heterocycles. The van der Waals surface area contributed by atoms with Crippen molar-refractivity contribution < 1.29 is 9.53 Å². The molecule has 5 nitrogen and oxygen atoms in total. The van der Waals surface area contributed by atoms with Gasteiger partial charge in [0.15, 0.2) is 0 Å². The Labute approximate surface area is 138 Å². The molecule has 0 aliphatic heterocycles. The van der Waals surface area contributed by atoms with E-state index in [1.165, 1.54) is 0 Å². The number of rotatable bonds is 6. The minimum Gasteiger partial charge on any atom is -0.383 e. The third-order valence-electron chi connectivity index (χ3n) is 2.83. The van der Waals surface area contributed by atoms with E-state index in [1.54, 1.807) is 43.6 Å². The largest absolute Gasteiger partial charge is 0.383 e. The molecule has 22 heavy (non-hydrogen) atoms. The zero-order valence-electron chi connectivity index (χ0n) is 11.9. The number of hydrogen-bond acceptors (Lipinski definition) is 4. The van der Waals surface area contributed by atoms with Gasteiger partial charge >= 0.3 is 0 Å². The topological polar surface area (TPSA) is 63.2 Å². The highest BCUT2D eigenvalue weighted by Gasteiger charge is 2.11. The van der Waals surface area contributed by atoms with Gasteiger partial charge in [0.05, 0.1) is 34.2 Å². The van der Waals surface area contributed by atoms with Gasteiger partial charge in [-0.3, -0.25) is 4.79 Å². The number of aromatic nitrogens is 1. The van der Waals surface area contributed by atoms with Gasteiger partial charge in [-0.15, -0.1) is 0 Å². The summed E-state index contributed by atoms with van der Waals surface area (Å²) in [4.78, 5) is 16.2. The van der Waals surface area contributed by atoms with Crippen LogP contribution in [0.5, 0.6) is 0 Å². The first-order valence-corrected chi connectivity index (χ1v) is 7.31. The second-order valence-corrected chi connectivity index (χ2v) is 5.19. The zero-order chi connectivity index (χ0) is 15.9. The molecule has 0 saturated heterocycles. The van der Waals surface area contributed by atoms with E-state index in [-0.39, 0.29) is 11.6 Å². The second-order valence-electron chi connectivity index (χ2n) is 4.41. The molecule has 0 aliphatic rings. The van der Waals surface area contributed by atoms with Crippen LogP contribution in [0, 0.1) is 0 Å². The van der Waals surface area contributed by atoms with Crippen molar-refractivity contribution in [2.24, 2.45) is 0 Å². The van der Waals surface area contributed by atoms with Crippen LogP contribution in [-0.4, -0.2) is 31.2 Å². The third-order valence-corrected chi connectivity index (χ3v) is 3.65. The number of carbonyl (C=O) groups excluding carboxylic acids is 1. The number of anilines is 2. The van der Waals surface area contributed by atoms with Crippen LogP contribution < -0.4 is 10.6 Å². The molecule has 0 aliphatic carbocycles. The SMILES string of the molecule is COCCNc1ccc(C(=O)Nc2cccc(Cl)c2Cl)nc1. The normalized spacial score (nSPS) is 10.3. The van der Waals surface area contributed by atoms with Crippen molar-refractivity contribution in [2.75, 3.05) is 30.9 Å². The molecule has 0 spiro atoms. The third kappa shape index (κ3) is 4.34. The van der Waals surface area contributed by atoms with Crippen molar-refractivity contribution in [1.82, 2.24) is 4.98 Å². The van der Waals surface area contributed by atoms with Crippen LogP contribution >= 0.6 is 23.2 Å². The maximum atomic E-state index is 12.1. The number of halogens is 2. The van der Waals surface area contributed by atoms with Crippen LogP contribution in [0.2, 0.25) is 10.0 Å². The highest BCUT2D eigenvalue weighted by atomic mass is 35.5. The molecule has 0 unspecified atom stereocenters. The van der Waals surface area contributed by atoms with Crippen molar-refractivity contribution in [3.05, 3.63) is 52.3 Å². The van der Waals surface area contributed by atoms with Gasteiger partial charge in [-0.1, -0.05) is 29.3 Å². The number of carbonyl (C=O) groups is 1. The lowest BCUT2D eigenvalue weighted by Gasteiger charge is -2.09. The van der Waals surface area contributed by atoms with Crippen LogP contribution in [0.15, 0.2) is 36.5 Å². The number of methoxy groups -OCH3 is 1. The first-order chi connectivity index (χ1) is 10.6. The fourth-order valence-corrected chi connectivity index (χ4v) is 2.06. The quantitative estimate of drug-likeness (QED) is 0.787. The van der Waals surface area contributed by atoms with Gasteiger partial charge in [-0.05, 0) is 24.3 Å². The van der Waals surface area contributed by atoms with Crippen LogP contribution in [0.1, 0.15) is 10.5 Å². The van der Waals surface area contributed by atoms with E-state index < -0.39 is 0 Å². The van der Waals surface area contributed by atoms with Crippen LogP contribution in [0.25, 0.3) is 0 Å². The molecule has 1 amide bonds. The van der Waals surface area contributed by atoms with E-state index in [0.29, 0.717) is 28.9 Å². The fraction of sp³-hybridized carbons (Fsp3) is 0.200. The predicted octanol–water partition coefficient (Wildman–Crippen LogP) is 3.70. The molecular formula is C15H15Cl2N3O2. The van der Waals surface area contributed by atoms with Crippen LogP contribution in [-0.2, 0) is 4.74 Å². The summed E-state index contributed by atoms with van der Waals surface area (Å²) in [5, 5.41) is 6.48. The van der Waals surface area contributed by atoms with Crippen molar-refractivity contribution in [2.45, 2.75) is 0 Å². The highest BCUT2D eigenvalue weighted by molar-refractivity contribution is 6.44. The summed E-state index contributed by atoms with van der Waals surface area (Å²) in [7, 11) is 1.63. The Morgan fingerprint density at radius 2 is 2.09 bits per heavy atom. The summed E-state index contributed by atoms with van der Waals surface area (Å²) >= 11 is 11.9. The van der Waals surface area contributed by atoms with Crippen molar-refractivity contribution in [3.63, 3.8) is 0 Å². The number of benzene rings is 1. The molecule has 2 N–H and O–H groups in total. The molecule has 1 aromatic heterocycles. The maximum absolute atomic E-state index is 12.1.